The lowest BCUT2D eigenvalue weighted by atomic mass is 10.8. The number of amides is 1. The lowest BCUT2D eigenvalue weighted by Crippen LogP contribution is -2.19. The first-order valence-electron chi connectivity index (χ1n) is 2.36. The lowest BCUT2D eigenvalue weighted by molar-refractivity contribution is 0.195. The quantitative estimate of drug-likeness (QED) is 0.599. The first-order valence-corrected chi connectivity index (χ1v) is 2.80. The van der Waals surface area contributed by atoms with Crippen LogP contribution < -0.4 is 5.32 Å². The van der Waals surface area contributed by atoms with E-state index < -0.39 is 6.09 Å². The van der Waals surface area contributed by atoms with Crippen molar-refractivity contribution >= 4 is 17.7 Å². The fourth-order valence-electron chi connectivity index (χ4n) is 0.151. The third-order valence-electron chi connectivity index (χ3n) is 0.328. The van der Waals surface area contributed by atoms with Crippen molar-refractivity contribution in [2.45, 2.75) is 6.92 Å². The fraction of sp³-hybridized carbons (Fsp3) is 0.400. The van der Waals surface area contributed by atoms with Crippen LogP contribution in [0.15, 0.2) is 12.1 Å². The van der Waals surface area contributed by atoms with Crippen LogP contribution in [-0.4, -0.2) is 17.7 Å². The van der Waals surface area contributed by atoms with Gasteiger partial charge in [0.05, 0.1) is 0 Å². The second-order valence-electron chi connectivity index (χ2n) is 0.990. The zero-order valence-electron chi connectivity index (χ0n) is 5.22. The van der Waals surface area contributed by atoms with E-state index in [0.717, 1.165) is 0 Å². The molecule has 2 N–H and O–H groups in total. The molecule has 4 heteroatoms. The first-order chi connectivity index (χ1) is 4.18. The van der Waals surface area contributed by atoms with Crippen molar-refractivity contribution in [2.24, 2.45) is 0 Å². The molecule has 0 aromatic carbocycles. The van der Waals surface area contributed by atoms with Gasteiger partial charge < -0.3 is 10.4 Å². The van der Waals surface area contributed by atoms with Crippen LogP contribution in [0, 0.1) is 0 Å². The van der Waals surface area contributed by atoms with Crippen LogP contribution in [0.4, 0.5) is 4.79 Å². The van der Waals surface area contributed by atoms with Gasteiger partial charge in [0.15, 0.2) is 0 Å². The maximum absolute atomic E-state index is 9.49. The lowest BCUT2D eigenvalue weighted by Gasteiger charge is -1.87. The molecule has 0 aliphatic carbocycles. The van der Waals surface area contributed by atoms with Gasteiger partial charge in [0.2, 0.25) is 0 Å². The highest BCUT2D eigenvalue weighted by molar-refractivity contribution is 6.25. The highest BCUT2D eigenvalue weighted by Crippen LogP contribution is 1.60. The van der Waals surface area contributed by atoms with Crippen molar-refractivity contribution in [1.82, 2.24) is 5.32 Å². The second kappa shape index (κ2) is 10.3. The number of halogens is 1. The van der Waals surface area contributed by atoms with E-state index in [1.54, 1.807) is 6.92 Å². The molecule has 0 aliphatic rings. The van der Waals surface area contributed by atoms with Gasteiger partial charge in [-0.2, -0.15) is 0 Å². The van der Waals surface area contributed by atoms with Gasteiger partial charge in [-0.25, -0.2) is 4.79 Å². The Hall–Kier alpha value is -0.700. The molecular formula is C5H10ClNO2. The van der Waals surface area contributed by atoms with E-state index in [4.69, 9.17) is 16.7 Å². The summed E-state index contributed by atoms with van der Waals surface area (Å²) in [5.41, 5.74) is 1.22. The van der Waals surface area contributed by atoms with E-state index in [1.807, 2.05) is 0 Å². The molecule has 0 fully saturated rings. The van der Waals surface area contributed by atoms with Gasteiger partial charge in [0, 0.05) is 6.54 Å². The second-order valence-corrected chi connectivity index (χ2v) is 1.30. The molecular weight excluding hydrogens is 142 g/mol. The van der Waals surface area contributed by atoms with Crippen LogP contribution in [-0.2, 0) is 0 Å². The molecule has 0 aromatic rings. The SMILES string of the molecule is C=CCl.CCNC(=O)O. The summed E-state index contributed by atoms with van der Waals surface area (Å²) in [7, 11) is 0. The predicted octanol–water partition coefficient (Wildman–Crippen LogP) is 1.64. The van der Waals surface area contributed by atoms with E-state index >= 15 is 0 Å². The van der Waals surface area contributed by atoms with Crippen LogP contribution in [0.3, 0.4) is 0 Å². The minimum absolute atomic E-state index is 0.481. The molecule has 0 rings (SSSR count). The third-order valence-corrected chi connectivity index (χ3v) is 0.328. The molecule has 3 nitrogen and oxygen atoms in total. The molecule has 0 radical (unpaired) electrons. The number of hydrogen-bond acceptors (Lipinski definition) is 1. The van der Waals surface area contributed by atoms with Crippen molar-refractivity contribution in [3.05, 3.63) is 12.1 Å². The summed E-state index contributed by atoms with van der Waals surface area (Å²) in [4.78, 5) is 9.49. The number of rotatable bonds is 1. The first kappa shape index (κ1) is 11.1. The Morgan fingerprint density at radius 2 is 2.33 bits per heavy atom. The molecule has 9 heavy (non-hydrogen) atoms. The van der Waals surface area contributed by atoms with Gasteiger partial charge in [-0.3, -0.25) is 0 Å². The Morgan fingerprint density at radius 3 is 2.33 bits per heavy atom. The van der Waals surface area contributed by atoms with Crippen molar-refractivity contribution < 1.29 is 9.90 Å². The molecule has 0 bridgehead atoms. The zero-order valence-corrected chi connectivity index (χ0v) is 5.98. The molecule has 0 unspecified atom stereocenters. The summed E-state index contributed by atoms with van der Waals surface area (Å²) in [5, 5.41) is 9.93. The van der Waals surface area contributed by atoms with Crippen molar-refractivity contribution in [3.63, 3.8) is 0 Å². The zero-order chi connectivity index (χ0) is 7.70. The molecule has 0 spiro atoms. The maximum Gasteiger partial charge on any atom is 0.404 e. The molecule has 54 valence electrons. The van der Waals surface area contributed by atoms with E-state index in [1.165, 1.54) is 5.54 Å². The van der Waals surface area contributed by atoms with Crippen molar-refractivity contribution in [3.8, 4) is 0 Å². The van der Waals surface area contributed by atoms with Crippen LogP contribution in [0.25, 0.3) is 0 Å². The number of carbonyl (C=O) groups is 1. The van der Waals surface area contributed by atoms with Gasteiger partial charge in [-0.05, 0) is 12.5 Å². The Bertz CT molecular complexity index is 85.0. The molecule has 1 amide bonds. The van der Waals surface area contributed by atoms with Crippen LogP contribution in [0.5, 0.6) is 0 Å². The van der Waals surface area contributed by atoms with Gasteiger partial charge >= 0.3 is 6.09 Å². The average molecular weight is 152 g/mol. The number of carboxylic acid groups (broad SMARTS) is 1. The summed E-state index contributed by atoms with van der Waals surface area (Å²) in [5.74, 6) is 0. The molecule has 0 aliphatic heterocycles. The summed E-state index contributed by atoms with van der Waals surface area (Å²) in [6, 6.07) is 0. The topological polar surface area (TPSA) is 49.3 Å². The molecule has 0 heterocycles. The van der Waals surface area contributed by atoms with E-state index in [-0.39, 0.29) is 0 Å². The van der Waals surface area contributed by atoms with E-state index in [2.05, 4.69) is 11.9 Å². The van der Waals surface area contributed by atoms with Crippen LogP contribution in [0.1, 0.15) is 6.92 Å². The highest BCUT2D eigenvalue weighted by atomic mass is 35.5. The standard InChI is InChI=1S/C3H7NO2.C2H3Cl/c1-2-4-3(5)6;1-2-3/h4H,2H2,1H3,(H,5,6);2H,1H2. The van der Waals surface area contributed by atoms with E-state index in [0.29, 0.717) is 6.54 Å². The highest BCUT2D eigenvalue weighted by Gasteiger charge is 1.82. The van der Waals surface area contributed by atoms with E-state index in [9.17, 15) is 4.79 Å². The van der Waals surface area contributed by atoms with Gasteiger partial charge in [-0.1, -0.05) is 18.2 Å². The smallest absolute Gasteiger partial charge is 0.404 e. The van der Waals surface area contributed by atoms with Crippen LogP contribution in [0.2, 0.25) is 0 Å². The molecule has 0 saturated heterocycles. The Labute approximate surface area is 59.3 Å². The fourth-order valence-corrected chi connectivity index (χ4v) is 0.151. The Kier molecular flexibility index (Phi) is 12.8. The van der Waals surface area contributed by atoms with Gasteiger partial charge in [0.1, 0.15) is 0 Å². The molecule has 0 atom stereocenters. The summed E-state index contributed by atoms with van der Waals surface area (Å²) in [6.07, 6.45) is -0.961. The molecule has 0 aromatic heterocycles. The van der Waals surface area contributed by atoms with Crippen LogP contribution >= 0.6 is 11.6 Å². The monoisotopic (exact) mass is 151 g/mol. The largest absolute Gasteiger partial charge is 0.465 e. The van der Waals surface area contributed by atoms with Gasteiger partial charge in [-0.15, -0.1) is 0 Å². The normalized spacial score (nSPS) is 6.44. The minimum Gasteiger partial charge on any atom is -0.465 e. The molecule has 0 saturated carbocycles. The Balaban J connectivity index is 0. The average Bonchev–Trinajstić information content (AvgIpc) is 1.67. The minimum atomic E-state index is -0.961. The summed E-state index contributed by atoms with van der Waals surface area (Å²) < 4.78 is 0. The van der Waals surface area contributed by atoms with Crippen molar-refractivity contribution in [1.29, 1.82) is 0 Å². The summed E-state index contributed by atoms with van der Waals surface area (Å²) in [6.45, 7) is 5.34. The predicted molar refractivity (Wildman–Crippen MR) is 37.8 cm³/mol. The summed E-state index contributed by atoms with van der Waals surface area (Å²) >= 11 is 4.76. The van der Waals surface area contributed by atoms with Gasteiger partial charge in [0.25, 0.3) is 0 Å². The third kappa shape index (κ3) is 38.8. The number of nitrogens with one attached hydrogen (secondary N) is 1. The maximum atomic E-state index is 9.49. The Morgan fingerprint density at radius 1 is 2.00 bits per heavy atom. The van der Waals surface area contributed by atoms with Crippen molar-refractivity contribution in [2.75, 3.05) is 6.54 Å². The number of hydrogen-bond donors (Lipinski definition) is 2.